The van der Waals surface area contributed by atoms with E-state index in [-0.39, 0.29) is 0 Å². The van der Waals surface area contributed by atoms with Crippen LogP contribution in [0.2, 0.25) is 0 Å². The Hall–Kier alpha value is -6.45. The van der Waals surface area contributed by atoms with Crippen molar-refractivity contribution >= 4 is 32.3 Å². The van der Waals surface area contributed by atoms with Gasteiger partial charge in [-0.05, 0) is 60.6 Å². The van der Waals surface area contributed by atoms with Crippen LogP contribution in [0.4, 0.5) is 0 Å². The van der Waals surface area contributed by atoms with Crippen LogP contribution in [0.3, 0.4) is 0 Å². The molecule has 0 saturated carbocycles. The molecule has 9 aromatic rings. The third-order valence-corrected chi connectivity index (χ3v) is 9.10. The molecule has 0 aliphatic heterocycles. The highest BCUT2D eigenvalue weighted by Gasteiger charge is 2.18. The smallest absolute Gasteiger partial charge is 0.164 e. The molecule has 1 aromatic heterocycles. The highest BCUT2D eigenvalue weighted by molar-refractivity contribution is 6.21. The van der Waals surface area contributed by atoms with E-state index in [1.54, 1.807) is 0 Å². The van der Waals surface area contributed by atoms with Gasteiger partial charge in [-0.3, -0.25) is 0 Å². The van der Waals surface area contributed by atoms with Gasteiger partial charge in [0.25, 0.3) is 0 Å². The van der Waals surface area contributed by atoms with E-state index in [1.807, 2.05) is 60.7 Å². The van der Waals surface area contributed by atoms with Crippen LogP contribution in [0.5, 0.6) is 0 Å². The minimum Gasteiger partial charge on any atom is -0.208 e. The van der Waals surface area contributed by atoms with Crippen LogP contribution in [0, 0.1) is 0 Å². The van der Waals surface area contributed by atoms with Crippen molar-refractivity contribution < 1.29 is 0 Å². The van der Waals surface area contributed by atoms with Gasteiger partial charge in [0.1, 0.15) is 0 Å². The van der Waals surface area contributed by atoms with Crippen molar-refractivity contribution in [1.82, 2.24) is 15.0 Å². The van der Waals surface area contributed by atoms with Crippen molar-refractivity contribution in [3.8, 4) is 56.4 Å². The fourth-order valence-electron chi connectivity index (χ4n) is 6.82. The summed E-state index contributed by atoms with van der Waals surface area (Å²) in [6, 6.07) is 61.8. The first-order chi connectivity index (χ1) is 23.8. The molecule has 0 unspecified atom stereocenters. The standard InChI is InChI=1S/C45H29N3/c1-3-14-32(15-4-1)43-46-44(33-16-5-2-6-17-33)48-45(47-43)34-26-24-31(25-27-34)41-37-19-9-11-21-39(37)42(40-22-12-10-20-38(40)41)36-28-23-30-13-7-8-18-35(30)29-36/h1-29H. The molecule has 3 heteroatoms. The van der Waals surface area contributed by atoms with Crippen LogP contribution in [-0.2, 0) is 0 Å². The molecule has 0 N–H and O–H groups in total. The van der Waals surface area contributed by atoms with Crippen LogP contribution in [0.1, 0.15) is 0 Å². The number of fused-ring (bicyclic) bond motifs is 3. The van der Waals surface area contributed by atoms with Crippen LogP contribution in [0.25, 0.3) is 88.7 Å². The van der Waals surface area contributed by atoms with Crippen molar-refractivity contribution in [2.45, 2.75) is 0 Å². The number of aromatic nitrogens is 3. The molecular weight excluding hydrogens is 583 g/mol. The highest BCUT2D eigenvalue weighted by atomic mass is 15.0. The first-order valence-corrected chi connectivity index (χ1v) is 16.2. The van der Waals surface area contributed by atoms with E-state index in [9.17, 15) is 0 Å². The Morgan fingerprint density at radius 2 is 0.604 bits per heavy atom. The Labute approximate surface area is 278 Å². The van der Waals surface area contributed by atoms with Gasteiger partial charge >= 0.3 is 0 Å². The van der Waals surface area contributed by atoms with Gasteiger partial charge in [0.2, 0.25) is 0 Å². The third kappa shape index (κ3) is 4.90. The molecule has 0 aliphatic carbocycles. The molecule has 8 aromatic carbocycles. The summed E-state index contributed by atoms with van der Waals surface area (Å²) in [5.41, 5.74) is 7.72. The molecule has 0 amide bonds. The Bertz CT molecular complexity index is 2480. The molecular formula is C45H29N3. The molecule has 9 rings (SSSR count). The van der Waals surface area contributed by atoms with E-state index in [2.05, 4.69) is 115 Å². The molecule has 48 heavy (non-hydrogen) atoms. The lowest BCUT2D eigenvalue weighted by molar-refractivity contribution is 1.07. The van der Waals surface area contributed by atoms with E-state index >= 15 is 0 Å². The molecule has 1 heterocycles. The fraction of sp³-hybridized carbons (Fsp3) is 0. The predicted molar refractivity (Wildman–Crippen MR) is 200 cm³/mol. The number of rotatable bonds is 5. The van der Waals surface area contributed by atoms with Crippen LogP contribution < -0.4 is 0 Å². The third-order valence-electron chi connectivity index (χ3n) is 9.10. The first-order valence-electron chi connectivity index (χ1n) is 16.2. The summed E-state index contributed by atoms with van der Waals surface area (Å²) < 4.78 is 0. The minimum absolute atomic E-state index is 0.649. The zero-order valence-corrected chi connectivity index (χ0v) is 26.1. The largest absolute Gasteiger partial charge is 0.208 e. The lowest BCUT2D eigenvalue weighted by Crippen LogP contribution is -2.00. The Morgan fingerprint density at radius 3 is 1.10 bits per heavy atom. The van der Waals surface area contributed by atoms with Gasteiger partial charge in [0.15, 0.2) is 17.5 Å². The van der Waals surface area contributed by atoms with Gasteiger partial charge in [-0.1, -0.05) is 170 Å². The maximum absolute atomic E-state index is 4.95. The highest BCUT2D eigenvalue weighted by Crippen LogP contribution is 2.44. The molecule has 0 bridgehead atoms. The lowest BCUT2D eigenvalue weighted by Gasteiger charge is -2.18. The van der Waals surface area contributed by atoms with E-state index < -0.39 is 0 Å². The zero-order valence-electron chi connectivity index (χ0n) is 26.1. The van der Waals surface area contributed by atoms with Crippen molar-refractivity contribution in [2.75, 3.05) is 0 Å². The quantitative estimate of drug-likeness (QED) is 0.182. The summed E-state index contributed by atoms with van der Waals surface area (Å²) in [6.07, 6.45) is 0. The molecule has 0 radical (unpaired) electrons. The van der Waals surface area contributed by atoms with Gasteiger partial charge in [-0.15, -0.1) is 0 Å². The zero-order chi connectivity index (χ0) is 31.9. The van der Waals surface area contributed by atoms with Crippen LogP contribution in [0.15, 0.2) is 176 Å². The second-order valence-corrected chi connectivity index (χ2v) is 12.0. The normalized spacial score (nSPS) is 11.3. The summed E-state index contributed by atoms with van der Waals surface area (Å²) >= 11 is 0. The predicted octanol–water partition coefficient (Wildman–Crippen LogP) is 11.7. The lowest BCUT2D eigenvalue weighted by atomic mass is 9.85. The van der Waals surface area contributed by atoms with Crippen molar-refractivity contribution in [3.05, 3.63) is 176 Å². The maximum atomic E-state index is 4.95. The Balaban J connectivity index is 1.21. The fourth-order valence-corrected chi connectivity index (χ4v) is 6.82. The average Bonchev–Trinajstić information content (AvgIpc) is 3.17. The topological polar surface area (TPSA) is 38.7 Å². The number of hydrogen-bond donors (Lipinski definition) is 0. The monoisotopic (exact) mass is 611 g/mol. The molecule has 0 fully saturated rings. The van der Waals surface area contributed by atoms with Gasteiger partial charge in [0.05, 0.1) is 0 Å². The van der Waals surface area contributed by atoms with Crippen LogP contribution in [-0.4, -0.2) is 15.0 Å². The molecule has 0 aliphatic rings. The summed E-state index contributed by atoms with van der Waals surface area (Å²) in [4.78, 5) is 14.8. The number of hydrogen-bond acceptors (Lipinski definition) is 3. The molecule has 3 nitrogen and oxygen atoms in total. The van der Waals surface area contributed by atoms with Gasteiger partial charge in [-0.25, -0.2) is 15.0 Å². The summed E-state index contributed by atoms with van der Waals surface area (Å²) in [7, 11) is 0. The van der Waals surface area contributed by atoms with Gasteiger partial charge in [-0.2, -0.15) is 0 Å². The summed E-state index contributed by atoms with van der Waals surface area (Å²) in [5, 5.41) is 7.42. The van der Waals surface area contributed by atoms with Crippen molar-refractivity contribution in [1.29, 1.82) is 0 Å². The average molecular weight is 612 g/mol. The maximum Gasteiger partial charge on any atom is 0.164 e. The second-order valence-electron chi connectivity index (χ2n) is 12.0. The van der Waals surface area contributed by atoms with Crippen molar-refractivity contribution in [3.63, 3.8) is 0 Å². The molecule has 0 saturated heterocycles. The summed E-state index contributed by atoms with van der Waals surface area (Å²) in [6.45, 7) is 0. The van der Waals surface area contributed by atoms with Gasteiger partial charge < -0.3 is 0 Å². The van der Waals surface area contributed by atoms with E-state index in [4.69, 9.17) is 15.0 Å². The second kappa shape index (κ2) is 11.7. The minimum atomic E-state index is 0.649. The summed E-state index contributed by atoms with van der Waals surface area (Å²) in [5.74, 6) is 1.96. The molecule has 0 atom stereocenters. The van der Waals surface area contributed by atoms with E-state index in [1.165, 1.54) is 49.0 Å². The SMILES string of the molecule is c1ccc(-c2nc(-c3ccccc3)nc(-c3ccc(-c4c5ccccc5c(-c5ccc6ccccc6c5)c5ccccc45)cc3)n2)cc1. The first kappa shape index (κ1) is 27.8. The van der Waals surface area contributed by atoms with E-state index in [0.29, 0.717) is 17.5 Å². The van der Waals surface area contributed by atoms with Crippen LogP contribution >= 0.6 is 0 Å². The molecule has 224 valence electrons. The van der Waals surface area contributed by atoms with E-state index in [0.717, 1.165) is 22.3 Å². The van der Waals surface area contributed by atoms with Gasteiger partial charge in [0, 0.05) is 16.7 Å². The van der Waals surface area contributed by atoms with Crippen molar-refractivity contribution in [2.24, 2.45) is 0 Å². The Morgan fingerprint density at radius 1 is 0.250 bits per heavy atom. The molecule has 0 spiro atoms. The number of benzene rings is 8. The Kier molecular flexibility index (Phi) is 6.80. The number of nitrogens with zero attached hydrogens (tertiary/aromatic N) is 3.